The van der Waals surface area contributed by atoms with Crippen molar-refractivity contribution < 1.29 is 9.26 Å². The van der Waals surface area contributed by atoms with Crippen molar-refractivity contribution in [3.05, 3.63) is 59.2 Å². The van der Waals surface area contributed by atoms with Gasteiger partial charge in [-0.3, -0.25) is 4.98 Å². The molecule has 0 N–H and O–H groups in total. The van der Waals surface area contributed by atoms with Crippen LogP contribution in [0.5, 0.6) is 5.75 Å². The number of hydrogen-bond donors (Lipinski definition) is 0. The van der Waals surface area contributed by atoms with Gasteiger partial charge in [0.25, 0.3) is 5.89 Å². The summed E-state index contributed by atoms with van der Waals surface area (Å²) < 4.78 is 10.8. The van der Waals surface area contributed by atoms with E-state index in [-0.39, 0.29) is 0 Å². The summed E-state index contributed by atoms with van der Waals surface area (Å²) in [6.07, 6.45) is 0. The number of halogens is 1. The fraction of sp³-hybridized carbons (Fsp3) is 0.105. The first-order valence-electron chi connectivity index (χ1n) is 7.70. The summed E-state index contributed by atoms with van der Waals surface area (Å²) in [5.74, 6) is 1.47. The van der Waals surface area contributed by atoms with Crippen LogP contribution in [0, 0.1) is 6.92 Å². The largest absolute Gasteiger partial charge is 0.496 e. The predicted molar refractivity (Wildman–Crippen MR) is 96.8 cm³/mol. The van der Waals surface area contributed by atoms with Crippen LogP contribution in [0.3, 0.4) is 0 Å². The highest BCUT2D eigenvalue weighted by atomic mass is 35.5. The summed E-state index contributed by atoms with van der Waals surface area (Å²) in [4.78, 5) is 9.09. The normalized spacial score (nSPS) is 11.0. The summed E-state index contributed by atoms with van der Waals surface area (Å²) in [5.41, 5.74) is 3.31. The van der Waals surface area contributed by atoms with E-state index in [9.17, 15) is 0 Å². The number of fused-ring (bicyclic) bond motifs is 1. The van der Waals surface area contributed by atoms with Gasteiger partial charge in [0.05, 0.1) is 18.2 Å². The van der Waals surface area contributed by atoms with Crippen molar-refractivity contribution >= 4 is 22.5 Å². The van der Waals surface area contributed by atoms with Crippen LogP contribution < -0.4 is 4.74 Å². The third-order valence-corrected chi connectivity index (χ3v) is 4.14. The maximum Gasteiger partial charge on any atom is 0.262 e. The molecule has 2 aromatic carbocycles. The minimum atomic E-state index is 0.355. The molecule has 0 amide bonds. The van der Waals surface area contributed by atoms with Gasteiger partial charge in [-0.2, -0.15) is 4.98 Å². The van der Waals surface area contributed by atoms with Gasteiger partial charge in [0, 0.05) is 21.7 Å². The molecule has 0 fully saturated rings. The minimum Gasteiger partial charge on any atom is -0.496 e. The zero-order valence-electron chi connectivity index (χ0n) is 13.7. The van der Waals surface area contributed by atoms with Crippen molar-refractivity contribution in [3.8, 4) is 28.6 Å². The number of hydrogen-bond acceptors (Lipinski definition) is 5. The molecule has 0 saturated carbocycles. The summed E-state index contributed by atoms with van der Waals surface area (Å²) in [7, 11) is 1.59. The zero-order valence-corrected chi connectivity index (χ0v) is 14.4. The highest BCUT2D eigenvalue weighted by molar-refractivity contribution is 6.30. The van der Waals surface area contributed by atoms with Crippen LogP contribution in [0.15, 0.2) is 53.1 Å². The fourth-order valence-electron chi connectivity index (χ4n) is 2.78. The van der Waals surface area contributed by atoms with E-state index in [0.717, 1.165) is 22.2 Å². The molecule has 25 heavy (non-hydrogen) atoms. The predicted octanol–water partition coefficient (Wildman–Crippen LogP) is 4.92. The van der Waals surface area contributed by atoms with E-state index in [1.165, 1.54) is 0 Å². The smallest absolute Gasteiger partial charge is 0.262 e. The Bertz CT molecular complexity index is 1080. The van der Waals surface area contributed by atoms with E-state index in [2.05, 4.69) is 15.1 Å². The van der Waals surface area contributed by atoms with Crippen LogP contribution in [-0.2, 0) is 0 Å². The Hall–Kier alpha value is -2.92. The zero-order chi connectivity index (χ0) is 17.4. The first-order chi connectivity index (χ1) is 12.2. The average molecular weight is 352 g/mol. The first-order valence-corrected chi connectivity index (χ1v) is 8.08. The van der Waals surface area contributed by atoms with Crippen molar-refractivity contribution in [2.75, 3.05) is 7.11 Å². The lowest BCUT2D eigenvalue weighted by atomic mass is 10.1. The van der Waals surface area contributed by atoms with Gasteiger partial charge in [0.1, 0.15) is 5.75 Å². The molecule has 5 nitrogen and oxygen atoms in total. The molecule has 124 valence electrons. The Labute approximate surface area is 149 Å². The Balaban J connectivity index is 1.87. The van der Waals surface area contributed by atoms with Gasteiger partial charge in [-0.25, -0.2) is 0 Å². The van der Waals surface area contributed by atoms with Crippen molar-refractivity contribution in [2.45, 2.75) is 6.92 Å². The molecule has 0 radical (unpaired) electrons. The molecule has 0 aliphatic carbocycles. The first kappa shape index (κ1) is 15.6. The summed E-state index contributed by atoms with van der Waals surface area (Å²) in [6.45, 7) is 1.94. The molecule has 0 aliphatic rings. The van der Waals surface area contributed by atoms with E-state index < -0.39 is 0 Å². The molecule has 4 aromatic rings. The van der Waals surface area contributed by atoms with Crippen LogP contribution in [0.1, 0.15) is 5.69 Å². The quantitative estimate of drug-likeness (QED) is 0.524. The third-order valence-electron chi connectivity index (χ3n) is 3.90. The van der Waals surface area contributed by atoms with Gasteiger partial charge in [-0.05, 0) is 37.3 Å². The number of nitrogens with zero attached hydrogens (tertiary/aromatic N) is 3. The van der Waals surface area contributed by atoms with Crippen molar-refractivity contribution in [1.29, 1.82) is 0 Å². The molecule has 2 aromatic heterocycles. The molecule has 6 heteroatoms. The van der Waals surface area contributed by atoms with Crippen molar-refractivity contribution in [2.24, 2.45) is 0 Å². The van der Waals surface area contributed by atoms with Crippen molar-refractivity contribution in [3.63, 3.8) is 0 Å². The molecular formula is C19H14ClN3O2. The van der Waals surface area contributed by atoms with E-state index in [1.807, 2.05) is 37.3 Å². The van der Waals surface area contributed by atoms with E-state index in [1.54, 1.807) is 25.3 Å². The van der Waals surface area contributed by atoms with E-state index in [4.69, 9.17) is 20.9 Å². The van der Waals surface area contributed by atoms with Gasteiger partial charge in [0.2, 0.25) is 5.82 Å². The molecule has 2 heterocycles. The van der Waals surface area contributed by atoms with E-state index >= 15 is 0 Å². The monoisotopic (exact) mass is 351 g/mol. The van der Waals surface area contributed by atoms with Crippen LogP contribution in [0.2, 0.25) is 5.02 Å². The number of aryl methyl sites for hydroxylation is 1. The van der Waals surface area contributed by atoms with Crippen LogP contribution in [-0.4, -0.2) is 22.2 Å². The molecular weight excluding hydrogens is 338 g/mol. The molecule has 0 spiro atoms. The SMILES string of the molecule is COc1ccc(Cl)cc1-c1nc(-c2cc(C)nc3ccccc23)no1. The average Bonchev–Trinajstić information content (AvgIpc) is 3.10. The summed E-state index contributed by atoms with van der Waals surface area (Å²) in [6, 6.07) is 15.1. The number of ether oxygens (including phenoxy) is 1. The standard InChI is InChI=1S/C19H14ClN3O2/c1-11-9-14(13-5-3-4-6-16(13)21-11)18-22-19(25-23-18)15-10-12(20)7-8-17(15)24-2/h3-10H,1-2H3. The Morgan fingerprint density at radius 1 is 1.00 bits per heavy atom. The number of benzene rings is 2. The number of rotatable bonds is 3. The highest BCUT2D eigenvalue weighted by Crippen LogP contribution is 2.34. The second-order valence-electron chi connectivity index (χ2n) is 5.60. The Kier molecular flexibility index (Phi) is 3.86. The second kappa shape index (κ2) is 6.18. The molecule has 0 aliphatic heterocycles. The second-order valence-corrected chi connectivity index (χ2v) is 6.03. The minimum absolute atomic E-state index is 0.355. The van der Waals surface area contributed by atoms with Crippen LogP contribution in [0.4, 0.5) is 0 Å². The highest BCUT2D eigenvalue weighted by Gasteiger charge is 2.17. The summed E-state index contributed by atoms with van der Waals surface area (Å²) >= 11 is 6.09. The van der Waals surface area contributed by atoms with Gasteiger partial charge in [0.15, 0.2) is 0 Å². The Morgan fingerprint density at radius 3 is 2.68 bits per heavy atom. The molecule has 0 bridgehead atoms. The molecule has 4 rings (SSSR count). The topological polar surface area (TPSA) is 61.0 Å². The number of para-hydroxylation sites is 1. The fourth-order valence-corrected chi connectivity index (χ4v) is 2.95. The Morgan fingerprint density at radius 2 is 1.84 bits per heavy atom. The number of pyridine rings is 1. The van der Waals surface area contributed by atoms with Crippen molar-refractivity contribution in [1.82, 2.24) is 15.1 Å². The van der Waals surface area contributed by atoms with Gasteiger partial charge < -0.3 is 9.26 Å². The molecule has 0 atom stereocenters. The third kappa shape index (κ3) is 2.83. The lowest BCUT2D eigenvalue weighted by molar-refractivity contribution is 0.405. The maximum atomic E-state index is 6.09. The van der Waals surface area contributed by atoms with Gasteiger partial charge in [-0.1, -0.05) is 35.0 Å². The maximum absolute atomic E-state index is 6.09. The number of aromatic nitrogens is 3. The van der Waals surface area contributed by atoms with Gasteiger partial charge in [-0.15, -0.1) is 0 Å². The molecule has 0 unspecified atom stereocenters. The number of methoxy groups -OCH3 is 1. The lowest BCUT2D eigenvalue weighted by Gasteiger charge is -2.05. The molecule has 0 saturated heterocycles. The van der Waals surface area contributed by atoms with E-state index in [0.29, 0.717) is 28.1 Å². The van der Waals surface area contributed by atoms with Crippen LogP contribution >= 0.6 is 11.6 Å². The van der Waals surface area contributed by atoms with Gasteiger partial charge >= 0.3 is 0 Å². The lowest BCUT2D eigenvalue weighted by Crippen LogP contribution is -1.90. The summed E-state index contributed by atoms with van der Waals surface area (Å²) in [5, 5.41) is 5.69. The van der Waals surface area contributed by atoms with Crippen LogP contribution in [0.25, 0.3) is 33.7 Å².